The highest BCUT2D eigenvalue weighted by Gasteiger charge is 2.22. The Morgan fingerprint density at radius 1 is 1.21 bits per heavy atom. The topological polar surface area (TPSA) is 102 Å². The third-order valence-corrected chi connectivity index (χ3v) is 3.49. The first kappa shape index (κ1) is 15.5. The SMILES string of the molecule is O=C(Oc1cccc([N+](=O)[O-])c1)c1cccc(N2CCNC2=O)c1. The number of nitrogens with zero attached hydrogens (tertiary/aromatic N) is 2. The van der Waals surface area contributed by atoms with Crippen molar-refractivity contribution in [1.29, 1.82) is 0 Å². The van der Waals surface area contributed by atoms with Crippen molar-refractivity contribution in [3.05, 3.63) is 64.2 Å². The number of hydrogen-bond donors (Lipinski definition) is 1. The maximum atomic E-state index is 12.2. The van der Waals surface area contributed by atoms with Crippen LogP contribution in [0.25, 0.3) is 0 Å². The molecular formula is C16H13N3O5. The number of non-ortho nitro benzene ring substituents is 1. The molecule has 0 unspecified atom stereocenters. The Labute approximate surface area is 136 Å². The second-order valence-electron chi connectivity index (χ2n) is 5.08. The van der Waals surface area contributed by atoms with Crippen molar-refractivity contribution >= 4 is 23.4 Å². The highest BCUT2D eigenvalue weighted by atomic mass is 16.6. The van der Waals surface area contributed by atoms with Crippen molar-refractivity contribution in [1.82, 2.24) is 5.32 Å². The highest BCUT2D eigenvalue weighted by Crippen LogP contribution is 2.22. The van der Waals surface area contributed by atoms with Crippen molar-refractivity contribution < 1.29 is 19.2 Å². The largest absolute Gasteiger partial charge is 0.423 e. The molecule has 8 nitrogen and oxygen atoms in total. The molecule has 1 aliphatic heterocycles. The molecule has 1 fully saturated rings. The van der Waals surface area contributed by atoms with Crippen LogP contribution in [-0.4, -0.2) is 30.0 Å². The quantitative estimate of drug-likeness (QED) is 0.402. The second kappa shape index (κ2) is 6.37. The minimum Gasteiger partial charge on any atom is -0.423 e. The van der Waals surface area contributed by atoms with Gasteiger partial charge in [-0.15, -0.1) is 0 Å². The summed E-state index contributed by atoms with van der Waals surface area (Å²) in [6.07, 6.45) is 0. The van der Waals surface area contributed by atoms with E-state index in [4.69, 9.17) is 4.74 Å². The summed E-state index contributed by atoms with van der Waals surface area (Å²) in [6, 6.07) is 11.6. The third kappa shape index (κ3) is 3.17. The Morgan fingerprint density at radius 3 is 2.71 bits per heavy atom. The van der Waals surface area contributed by atoms with Crippen LogP contribution in [0.2, 0.25) is 0 Å². The fourth-order valence-corrected chi connectivity index (χ4v) is 2.35. The first-order valence-corrected chi connectivity index (χ1v) is 7.16. The van der Waals surface area contributed by atoms with E-state index in [0.29, 0.717) is 18.8 Å². The van der Waals surface area contributed by atoms with Gasteiger partial charge >= 0.3 is 12.0 Å². The average molecular weight is 327 g/mol. The van der Waals surface area contributed by atoms with Gasteiger partial charge in [0.05, 0.1) is 16.6 Å². The Morgan fingerprint density at radius 2 is 2.00 bits per heavy atom. The molecule has 1 saturated heterocycles. The van der Waals surface area contributed by atoms with Gasteiger partial charge in [0.15, 0.2) is 0 Å². The summed E-state index contributed by atoms with van der Waals surface area (Å²) in [6.45, 7) is 1.06. The van der Waals surface area contributed by atoms with Crippen LogP contribution in [0, 0.1) is 10.1 Å². The van der Waals surface area contributed by atoms with E-state index >= 15 is 0 Å². The van der Waals surface area contributed by atoms with Gasteiger partial charge in [-0.05, 0) is 24.3 Å². The van der Waals surface area contributed by atoms with Crippen LogP contribution in [0.15, 0.2) is 48.5 Å². The summed E-state index contributed by atoms with van der Waals surface area (Å²) >= 11 is 0. The monoisotopic (exact) mass is 327 g/mol. The summed E-state index contributed by atoms with van der Waals surface area (Å²) in [5.74, 6) is -0.574. The fraction of sp³-hybridized carbons (Fsp3) is 0.125. The first-order chi connectivity index (χ1) is 11.5. The third-order valence-electron chi connectivity index (χ3n) is 3.49. The molecule has 1 heterocycles. The Balaban J connectivity index is 1.79. The summed E-state index contributed by atoms with van der Waals surface area (Å²) in [5.41, 5.74) is 0.667. The molecule has 0 radical (unpaired) electrons. The van der Waals surface area contributed by atoms with E-state index in [-0.39, 0.29) is 23.0 Å². The first-order valence-electron chi connectivity index (χ1n) is 7.16. The summed E-state index contributed by atoms with van der Waals surface area (Å²) < 4.78 is 5.17. The molecule has 2 aromatic carbocycles. The zero-order chi connectivity index (χ0) is 17.1. The van der Waals surface area contributed by atoms with Gasteiger partial charge in [0.2, 0.25) is 0 Å². The lowest BCUT2D eigenvalue weighted by Gasteiger charge is -2.14. The van der Waals surface area contributed by atoms with E-state index < -0.39 is 10.9 Å². The van der Waals surface area contributed by atoms with Gasteiger partial charge in [-0.25, -0.2) is 9.59 Å². The Bertz CT molecular complexity index is 821. The van der Waals surface area contributed by atoms with Crippen LogP contribution in [0.4, 0.5) is 16.2 Å². The molecule has 2 aromatic rings. The predicted octanol–water partition coefficient (Wildman–Crippen LogP) is 2.34. The van der Waals surface area contributed by atoms with Crippen LogP contribution in [0.1, 0.15) is 10.4 Å². The standard InChI is InChI=1S/C16H13N3O5/c20-15(24-14-6-2-5-13(10-14)19(22)23)11-3-1-4-12(9-11)18-8-7-17-16(18)21/h1-6,9-10H,7-8H2,(H,17,21). The minimum absolute atomic E-state index is 0.0820. The number of carbonyl (C=O) groups excluding carboxylic acids is 2. The lowest BCUT2D eigenvalue weighted by molar-refractivity contribution is -0.384. The van der Waals surface area contributed by atoms with E-state index in [0.717, 1.165) is 0 Å². The van der Waals surface area contributed by atoms with Gasteiger partial charge in [0.25, 0.3) is 5.69 Å². The Kier molecular flexibility index (Phi) is 4.11. The summed E-state index contributed by atoms with van der Waals surface area (Å²) in [5, 5.41) is 13.4. The Hall–Kier alpha value is -3.42. The second-order valence-corrected chi connectivity index (χ2v) is 5.08. The molecule has 0 atom stereocenters. The van der Waals surface area contributed by atoms with Gasteiger partial charge in [0, 0.05) is 24.8 Å². The van der Waals surface area contributed by atoms with Gasteiger partial charge in [-0.1, -0.05) is 12.1 Å². The molecule has 2 amide bonds. The maximum absolute atomic E-state index is 12.2. The zero-order valence-corrected chi connectivity index (χ0v) is 12.5. The number of rotatable bonds is 4. The van der Waals surface area contributed by atoms with E-state index in [1.807, 2.05) is 0 Å². The molecule has 0 aromatic heterocycles. The molecule has 8 heteroatoms. The summed E-state index contributed by atoms with van der Waals surface area (Å²) in [4.78, 5) is 35.6. The molecule has 1 aliphatic rings. The van der Waals surface area contributed by atoms with Crippen LogP contribution < -0.4 is 15.0 Å². The predicted molar refractivity (Wildman–Crippen MR) is 85.2 cm³/mol. The number of nitro benzene ring substituents is 1. The number of ether oxygens (including phenoxy) is 1. The summed E-state index contributed by atoms with van der Waals surface area (Å²) in [7, 11) is 0. The van der Waals surface area contributed by atoms with Crippen LogP contribution in [0.5, 0.6) is 5.75 Å². The number of amides is 2. The van der Waals surface area contributed by atoms with Crippen molar-refractivity contribution in [2.75, 3.05) is 18.0 Å². The van der Waals surface area contributed by atoms with Crippen LogP contribution >= 0.6 is 0 Å². The van der Waals surface area contributed by atoms with Crippen molar-refractivity contribution in [2.24, 2.45) is 0 Å². The molecule has 0 saturated carbocycles. The number of nitro groups is 1. The molecule has 3 rings (SSSR count). The number of nitrogens with one attached hydrogen (secondary N) is 1. The number of urea groups is 1. The molecule has 0 spiro atoms. The number of carbonyl (C=O) groups is 2. The van der Waals surface area contributed by atoms with Crippen molar-refractivity contribution in [3.8, 4) is 5.75 Å². The van der Waals surface area contributed by atoms with Crippen LogP contribution in [-0.2, 0) is 0 Å². The zero-order valence-electron chi connectivity index (χ0n) is 12.5. The van der Waals surface area contributed by atoms with E-state index in [1.165, 1.54) is 29.2 Å². The van der Waals surface area contributed by atoms with Gasteiger partial charge in [-0.2, -0.15) is 0 Å². The molecular weight excluding hydrogens is 314 g/mol. The van der Waals surface area contributed by atoms with E-state index in [1.54, 1.807) is 24.3 Å². The molecule has 0 bridgehead atoms. The molecule has 0 aliphatic carbocycles. The minimum atomic E-state index is -0.656. The number of hydrogen-bond acceptors (Lipinski definition) is 5. The van der Waals surface area contributed by atoms with Crippen molar-refractivity contribution in [2.45, 2.75) is 0 Å². The molecule has 24 heavy (non-hydrogen) atoms. The fourth-order valence-electron chi connectivity index (χ4n) is 2.35. The normalized spacial score (nSPS) is 13.5. The van der Waals surface area contributed by atoms with E-state index in [9.17, 15) is 19.7 Å². The molecule has 122 valence electrons. The average Bonchev–Trinajstić information content (AvgIpc) is 3.01. The number of benzene rings is 2. The number of esters is 1. The highest BCUT2D eigenvalue weighted by molar-refractivity contribution is 5.97. The van der Waals surface area contributed by atoms with Gasteiger partial charge < -0.3 is 10.1 Å². The maximum Gasteiger partial charge on any atom is 0.343 e. The van der Waals surface area contributed by atoms with E-state index in [2.05, 4.69) is 5.32 Å². The molecule has 1 N–H and O–H groups in total. The number of anilines is 1. The smallest absolute Gasteiger partial charge is 0.343 e. The lowest BCUT2D eigenvalue weighted by atomic mass is 10.2. The van der Waals surface area contributed by atoms with Crippen LogP contribution in [0.3, 0.4) is 0 Å². The van der Waals surface area contributed by atoms with Crippen molar-refractivity contribution in [3.63, 3.8) is 0 Å². The lowest BCUT2D eigenvalue weighted by Crippen LogP contribution is -2.27. The van der Waals surface area contributed by atoms with Gasteiger partial charge in [-0.3, -0.25) is 15.0 Å². The van der Waals surface area contributed by atoms with Gasteiger partial charge in [0.1, 0.15) is 5.75 Å².